The Bertz CT molecular complexity index is 827. The van der Waals surface area contributed by atoms with Crippen molar-refractivity contribution in [3.63, 3.8) is 0 Å². The fraction of sp³-hybridized carbons (Fsp3) is 0.529. The Morgan fingerprint density at radius 3 is 2.44 bits per heavy atom. The van der Waals surface area contributed by atoms with Gasteiger partial charge in [0.05, 0.1) is 5.69 Å². The maximum absolute atomic E-state index is 12.4. The molecule has 1 aliphatic heterocycles. The number of hydrogen-bond acceptors (Lipinski definition) is 6. The predicted molar refractivity (Wildman–Crippen MR) is 93.0 cm³/mol. The van der Waals surface area contributed by atoms with Crippen LogP contribution in [0, 0.1) is 27.7 Å². The molecule has 0 aromatic carbocycles. The number of anilines is 1. The number of aromatic nitrogens is 3. The minimum absolute atomic E-state index is 0.0794. The lowest BCUT2D eigenvalue weighted by atomic mass is 10.0. The minimum atomic E-state index is -0.146. The van der Waals surface area contributed by atoms with Gasteiger partial charge in [-0.1, -0.05) is 5.16 Å². The summed E-state index contributed by atoms with van der Waals surface area (Å²) in [7, 11) is 0. The lowest BCUT2D eigenvalue weighted by Gasteiger charge is -2.32. The number of aryl methyl sites for hydroxylation is 3. The highest BCUT2D eigenvalue weighted by atomic mass is 16.5. The van der Waals surface area contributed by atoms with Crippen molar-refractivity contribution in [2.45, 2.75) is 46.6 Å². The van der Waals surface area contributed by atoms with Crippen LogP contribution in [0.1, 0.15) is 45.9 Å². The lowest BCUT2D eigenvalue weighted by Crippen LogP contribution is -2.45. The molecule has 0 saturated carbocycles. The molecule has 0 aliphatic carbocycles. The summed E-state index contributed by atoms with van der Waals surface area (Å²) >= 11 is 0. The van der Waals surface area contributed by atoms with Gasteiger partial charge in [0, 0.05) is 30.4 Å². The Morgan fingerprint density at radius 2 is 1.88 bits per heavy atom. The number of aromatic amines is 1. The van der Waals surface area contributed by atoms with E-state index in [2.05, 4.69) is 20.4 Å². The van der Waals surface area contributed by atoms with Crippen molar-refractivity contribution >= 4 is 11.9 Å². The largest absolute Gasteiger partial charge is 0.361 e. The van der Waals surface area contributed by atoms with Gasteiger partial charge in [-0.2, -0.15) is 0 Å². The van der Waals surface area contributed by atoms with Crippen molar-refractivity contribution in [3.8, 4) is 0 Å². The molecular formula is C17H23N5O3. The average Bonchev–Trinajstić information content (AvgIpc) is 2.91. The normalized spacial score (nSPS) is 15.4. The topological polar surface area (TPSA) is 104 Å². The highest BCUT2D eigenvalue weighted by molar-refractivity contribution is 5.96. The molecule has 134 valence electrons. The summed E-state index contributed by atoms with van der Waals surface area (Å²) in [6.45, 7) is 8.54. The van der Waals surface area contributed by atoms with Crippen LogP contribution in [-0.2, 0) is 0 Å². The van der Waals surface area contributed by atoms with Crippen molar-refractivity contribution in [3.05, 3.63) is 38.6 Å². The number of amides is 1. The highest BCUT2D eigenvalue weighted by Crippen LogP contribution is 2.18. The van der Waals surface area contributed by atoms with Crippen LogP contribution in [0.25, 0.3) is 0 Å². The molecule has 0 atom stereocenters. The van der Waals surface area contributed by atoms with Gasteiger partial charge in [0.1, 0.15) is 11.3 Å². The van der Waals surface area contributed by atoms with Crippen molar-refractivity contribution in [1.29, 1.82) is 0 Å². The summed E-state index contributed by atoms with van der Waals surface area (Å²) in [5.41, 5.74) is 2.40. The van der Waals surface area contributed by atoms with E-state index >= 15 is 0 Å². The molecule has 1 saturated heterocycles. The Hall–Kier alpha value is -2.64. The average molecular weight is 345 g/mol. The Morgan fingerprint density at radius 1 is 1.20 bits per heavy atom. The van der Waals surface area contributed by atoms with Crippen molar-refractivity contribution < 1.29 is 9.32 Å². The monoisotopic (exact) mass is 345 g/mol. The van der Waals surface area contributed by atoms with Crippen LogP contribution in [0.2, 0.25) is 0 Å². The van der Waals surface area contributed by atoms with Crippen molar-refractivity contribution in [1.82, 2.24) is 20.4 Å². The SMILES string of the molecule is Cc1noc(C)c1C(=O)NC1CCN(c2nc(C)c(C)c(=O)[nH]2)CC1. The van der Waals surface area contributed by atoms with Crippen LogP contribution < -0.4 is 15.8 Å². The van der Waals surface area contributed by atoms with Crippen LogP contribution in [-0.4, -0.2) is 40.2 Å². The van der Waals surface area contributed by atoms with Gasteiger partial charge in [-0.15, -0.1) is 0 Å². The summed E-state index contributed by atoms with van der Waals surface area (Å²) in [6, 6.07) is 0.0794. The Kier molecular flexibility index (Phi) is 4.61. The number of carbonyl (C=O) groups is 1. The predicted octanol–water partition coefficient (Wildman–Crippen LogP) is 1.39. The van der Waals surface area contributed by atoms with Gasteiger partial charge in [-0.3, -0.25) is 14.6 Å². The molecule has 0 radical (unpaired) electrons. The third-order valence-electron chi connectivity index (χ3n) is 4.77. The van der Waals surface area contributed by atoms with Crippen LogP contribution in [0.5, 0.6) is 0 Å². The fourth-order valence-electron chi connectivity index (χ4n) is 3.08. The van der Waals surface area contributed by atoms with E-state index in [1.807, 2.05) is 11.8 Å². The second-order valence-corrected chi connectivity index (χ2v) is 6.53. The first-order valence-corrected chi connectivity index (χ1v) is 8.43. The van der Waals surface area contributed by atoms with Gasteiger partial charge in [0.15, 0.2) is 0 Å². The summed E-state index contributed by atoms with van der Waals surface area (Å²) < 4.78 is 5.05. The number of piperidine rings is 1. The Labute approximate surface area is 145 Å². The quantitative estimate of drug-likeness (QED) is 0.871. The smallest absolute Gasteiger partial charge is 0.257 e. The maximum atomic E-state index is 12.4. The second-order valence-electron chi connectivity index (χ2n) is 6.53. The van der Waals surface area contributed by atoms with Gasteiger partial charge in [-0.05, 0) is 40.5 Å². The number of nitrogens with zero attached hydrogens (tertiary/aromatic N) is 3. The molecule has 0 spiro atoms. The fourth-order valence-corrected chi connectivity index (χ4v) is 3.08. The number of carbonyl (C=O) groups excluding carboxylic acids is 1. The van der Waals surface area contributed by atoms with Crippen molar-refractivity contribution in [2.24, 2.45) is 0 Å². The number of hydrogen-bond donors (Lipinski definition) is 2. The van der Waals surface area contributed by atoms with Gasteiger partial charge < -0.3 is 14.7 Å². The summed E-state index contributed by atoms with van der Waals surface area (Å²) in [5, 5.41) is 6.87. The van der Waals surface area contributed by atoms with E-state index in [-0.39, 0.29) is 17.5 Å². The standard InChI is InChI=1S/C17H23N5O3/c1-9-10(2)18-17(20-15(9)23)22-7-5-13(6-8-22)19-16(24)14-11(3)21-25-12(14)4/h13H,5-8H2,1-4H3,(H,19,24)(H,18,20,23). The van der Waals surface area contributed by atoms with E-state index in [1.54, 1.807) is 20.8 Å². The zero-order chi connectivity index (χ0) is 18.1. The maximum Gasteiger partial charge on any atom is 0.257 e. The summed E-state index contributed by atoms with van der Waals surface area (Å²) in [5.74, 6) is 0.986. The van der Waals surface area contributed by atoms with E-state index in [1.165, 1.54) is 0 Å². The van der Waals surface area contributed by atoms with Gasteiger partial charge >= 0.3 is 0 Å². The molecule has 2 N–H and O–H groups in total. The summed E-state index contributed by atoms with van der Waals surface area (Å²) in [6.07, 6.45) is 1.57. The first-order valence-electron chi connectivity index (χ1n) is 8.43. The van der Waals surface area contributed by atoms with Gasteiger partial charge in [0.25, 0.3) is 11.5 Å². The molecule has 1 fully saturated rings. The molecule has 1 amide bonds. The van der Waals surface area contributed by atoms with Gasteiger partial charge in [0.2, 0.25) is 5.95 Å². The zero-order valence-corrected chi connectivity index (χ0v) is 15.0. The van der Waals surface area contributed by atoms with Crippen LogP contribution >= 0.6 is 0 Å². The van der Waals surface area contributed by atoms with E-state index in [0.29, 0.717) is 28.5 Å². The van der Waals surface area contributed by atoms with Crippen LogP contribution in [0.3, 0.4) is 0 Å². The second kappa shape index (κ2) is 6.70. The zero-order valence-electron chi connectivity index (χ0n) is 15.0. The molecule has 8 heteroatoms. The molecule has 2 aromatic rings. The number of rotatable bonds is 3. The highest BCUT2D eigenvalue weighted by Gasteiger charge is 2.25. The molecular weight excluding hydrogens is 322 g/mol. The molecule has 3 rings (SSSR count). The number of nitrogens with one attached hydrogen (secondary N) is 2. The molecule has 8 nitrogen and oxygen atoms in total. The molecule has 2 aromatic heterocycles. The minimum Gasteiger partial charge on any atom is -0.361 e. The van der Waals surface area contributed by atoms with E-state index < -0.39 is 0 Å². The molecule has 1 aliphatic rings. The molecule has 0 bridgehead atoms. The first-order chi connectivity index (χ1) is 11.9. The third kappa shape index (κ3) is 3.42. The lowest BCUT2D eigenvalue weighted by molar-refractivity contribution is 0.0929. The van der Waals surface area contributed by atoms with Crippen LogP contribution in [0.15, 0.2) is 9.32 Å². The number of H-pyrrole nitrogens is 1. The van der Waals surface area contributed by atoms with Crippen molar-refractivity contribution in [2.75, 3.05) is 18.0 Å². The van der Waals surface area contributed by atoms with Gasteiger partial charge in [-0.25, -0.2) is 4.98 Å². The first kappa shape index (κ1) is 17.2. The van der Waals surface area contributed by atoms with E-state index in [9.17, 15) is 9.59 Å². The molecule has 3 heterocycles. The van der Waals surface area contributed by atoms with E-state index in [4.69, 9.17) is 4.52 Å². The Balaban J connectivity index is 1.63. The molecule has 0 unspecified atom stereocenters. The third-order valence-corrected chi connectivity index (χ3v) is 4.77. The molecule has 25 heavy (non-hydrogen) atoms. The summed E-state index contributed by atoms with van der Waals surface area (Å²) in [4.78, 5) is 33.7. The van der Waals surface area contributed by atoms with E-state index in [0.717, 1.165) is 31.6 Å². The van der Waals surface area contributed by atoms with Crippen LogP contribution in [0.4, 0.5) is 5.95 Å².